The van der Waals surface area contributed by atoms with Gasteiger partial charge in [-0.25, -0.2) is 4.79 Å². The summed E-state index contributed by atoms with van der Waals surface area (Å²) in [5.41, 5.74) is 4.67. The quantitative estimate of drug-likeness (QED) is 0.564. The van der Waals surface area contributed by atoms with Crippen molar-refractivity contribution in [3.05, 3.63) is 59.7 Å². The van der Waals surface area contributed by atoms with Gasteiger partial charge < -0.3 is 20.1 Å². The highest BCUT2D eigenvalue weighted by atomic mass is 16.5. The van der Waals surface area contributed by atoms with Gasteiger partial charge in [-0.15, -0.1) is 0 Å². The van der Waals surface area contributed by atoms with E-state index in [1.807, 2.05) is 24.3 Å². The van der Waals surface area contributed by atoms with Crippen molar-refractivity contribution in [2.45, 2.75) is 44.1 Å². The van der Waals surface area contributed by atoms with Gasteiger partial charge in [0.05, 0.1) is 11.8 Å². The molecule has 3 aliphatic carbocycles. The second-order valence-corrected chi connectivity index (χ2v) is 10.2. The number of benzene rings is 2. The van der Waals surface area contributed by atoms with E-state index in [4.69, 9.17) is 9.84 Å². The molecule has 7 nitrogen and oxygen atoms in total. The van der Waals surface area contributed by atoms with Gasteiger partial charge in [0.2, 0.25) is 5.91 Å². The van der Waals surface area contributed by atoms with Gasteiger partial charge in [0, 0.05) is 25.6 Å². The van der Waals surface area contributed by atoms with Crippen LogP contribution in [0.1, 0.15) is 49.1 Å². The molecule has 2 aromatic carbocycles. The lowest BCUT2D eigenvalue weighted by atomic mass is 9.79. The zero-order valence-electron chi connectivity index (χ0n) is 20.0. The number of hydrogen-bond donors (Lipinski definition) is 2. The Balaban J connectivity index is 1.16. The van der Waals surface area contributed by atoms with Gasteiger partial charge >= 0.3 is 12.1 Å². The molecule has 7 heteroatoms. The average molecular weight is 477 g/mol. The van der Waals surface area contributed by atoms with Crippen molar-refractivity contribution < 1.29 is 24.2 Å². The molecular weight excluding hydrogens is 444 g/mol. The van der Waals surface area contributed by atoms with E-state index in [9.17, 15) is 14.4 Å². The summed E-state index contributed by atoms with van der Waals surface area (Å²) in [6, 6.07) is 16.4. The number of aliphatic carboxylic acids is 1. The first-order valence-corrected chi connectivity index (χ1v) is 12.5. The Kier molecular flexibility index (Phi) is 6.50. The summed E-state index contributed by atoms with van der Waals surface area (Å²) < 4.78 is 5.63. The van der Waals surface area contributed by atoms with Crippen molar-refractivity contribution in [1.29, 1.82) is 0 Å². The van der Waals surface area contributed by atoms with E-state index in [0.717, 1.165) is 30.4 Å². The fourth-order valence-electron chi connectivity index (χ4n) is 5.46. The van der Waals surface area contributed by atoms with E-state index in [1.54, 1.807) is 11.9 Å². The molecule has 0 heterocycles. The second kappa shape index (κ2) is 9.72. The number of hydrogen-bond acceptors (Lipinski definition) is 4. The number of ether oxygens (including phenoxy) is 1. The van der Waals surface area contributed by atoms with Gasteiger partial charge in [-0.3, -0.25) is 9.59 Å². The van der Waals surface area contributed by atoms with Gasteiger partial charge in [-0.2, -0.15) is 0 Å². The fraction of sp³-hybridized carbons (Fsp3) is 0.464. The van der Waals surface area contributed by atoms with Crippen molar-refractivity contribution in [2.75, 3.05) is 20.2 Å². The first-order chi connectivity index (χ1) is 16.9. The molecule has 184 valence electrons. The van der Waals surface area contributed by atoms with E-state index in [0.29, 0.717) is 18.8 Å². The van der Waals surface area contributed by atoms with E-state index in [2.05, 4.69) is 29.6 Å². The lowest BCUT2D eigenvalue weighted by Gasteiger charge is -2.40. The Morgan fingerprint density at radius 2 is 1.63 bits per heavy atom. The predicted molar refractivity (Wildman–Crippen MR) is 131 cm³/mol. The van der Waals surface area contributed by atoms with Crippen LogP contribution >= 0.6 is 0 Å². The highest BCUT2D eigenvalue weighted by molar-refractivity contribution is 5.81. The maximum atomic E-state index is 13.2. The minimum absolute atomic E-state index is 0.0102. The molecule has 2 saturated carbocycles. The van der Waals surface area contributed by atoms with Gasteiger partial charge in [-0.05, 0) is 47.4 Å². The number of nitrogens with zero attached hydrogens (tertiary/aromatic N) is 1. The Morgan fingerprint density at radius 1 is 1.03 bits per heavy atom. The Bertz CT molecular complexity index is 1080. The topological polar surface area (TPSA) is 95.9 Å². The maximum Gasteiger partial charge on any atom is 0.407 e. The molecule has 1 atom stereocenters. The SMILES string of the molecule is CN(C(=O)C(CNC(=O)OCC1c2ccccc2-c2ccccc21)CC1CC1)C1CC(C(=O)O)C1. The highest BCUT2D eigenvalue weighted by Gasteiger charge is 2.40. The standard InChI is InChI=1S/C28H32N2O5/c1-30(20-13-18(14-20)27(32)33)26(31)19(12-17-10-11-17)15-29-28(34)35-16-25-23-8-4-2-6-21(23)22-7-3-5-9-24(22)25/h2-9,17-20,25H,10-16H2,1H3,(H,29,34)(H,32,33). The smallest absolute Gasteiger partial charge is 0.407 e. The largest absolute Gasteiger partial charge is 0.481 e. The predicted octanol–water partition coefficient (Wildman–Crippen LogP) is 4.26. The number of nitrogens with one attached hydrogen (secondary N) is 1. The number of amides is 2. The van der Waals surface area contributed by atoms with E-state index in [-0.39, 0.29) is 42.9 Å². The lowest BCUT2D eigenvalue weighted by molar-refractivity contribution is -0.151. The highest BCUT2D eigenvalue weighted by Crippen LogP contribution is 2.44. The summed E-state index contributed by atoms with van der Waals surface area (Å²) in [7, 11) is 1.75. The zero-order chi connectivity index (χ0) is 24.5. The number of fused-ring (bicyclic) bond motifs is 3. The molecule has 35 heavy (non-hydrogen) atoms. The van der Waals surface area contributed by atoms with Gasteiger partial charge in [-0.1, -0.05) is 61.4 Å². The molecule has 0 saturated heterocycles. The van der Waals surface area contributed by atoms with Crippen LogP contribution in [0.3, 0.4) is 0 Å². The summed E-state index contributed by atoms with van der Waals surface area (Å²) in [5.74, 6) is -0.995. The maximum absolute atomic E-state index is 13.2. The van der Waals surface area contributed by atoms with Crippen LogP contribution in [0.4, 0.5) is 4.79 Å². The summed E-state index contributed by atoms with van der Waals surface area (Å²) in [5, 5.41) is 11.9. The van der Waals surface area contributed by atoms with E-state index >= 15 is 0 Å². The van der Waals surface area contributed by atoms with Crippen molar-refractivity contribution in [3.8, 4) is 11.1 Å². The molecule has 5 rings (SSSR count). The van der Waals surface area contributed by atoms with Crippen LogP contribution in [0.15, 0.2) is 48.5 Å². The first kappa shape index (κ1) is 23.4. The first-order valence-electron chi connectivity index (χ1n) is 12.5. The fourth-order valence-corrected chi connectivity index (χ4v) is 5.46. The van der Waals surface area contributed by atoms with Gasteiger partial charge in [0.15, 0.2) is 0 Å². The van der Waals surface area contributed by atoms with Crippen molar-refractivity contribution in [2.24, 2.45) is 17.8 Å². The molecule has 2 amide bonds. The molecule has 0 spiro atoms. The van der Waals surface area contributed by atoms with E-state index in [1.165, 1.54) is 11.1 Å². The van der Waals surface area contributed by atoms with Crippen LogP contribution in [0, 0.1) is 17.8 Å². The molecule has 2 N–H and O–H groups in total. The zero-order valence-corrected chi connectivity index (χ0v) is 20.0. The molecule has 2 fully saturated rings. The van der Waals surface area contributed by atoms with Crippen LogP contribution in [-0.4, -0.2) is 54.2 Å². The number of carboxylic acids is 1. The number of carbonyl (C=O) groups is 3. The van der Waals surface area contributed by atoms with Crippen LogP contribution in [0.2, 0.25) is 0 Å². The summed E-state index contributed by atoms with van der Waals surface area (Å²) >= 11 is 0. The van der Waals surface area contributed by atoms with Crippen LogP contribution in [0.25, 0.3) is 11.1 Å². The second-order valence-electron chi connectivity index (χ2n) is 10.2. The molecule has 0 radical (unpaired) electrons. The molecule has 0 bridgehead atoms. The van der Waals surface area contributed by atoms with Gasteiger partial charge in [0.25, 0.3) is 0 Å². The molecule has 2 aromatic rings. The minimum atomic E-state index is -0.798. The van der Waals surface area contributed by atoms with Crippen molar-refractivity contribution in [1.82, 2.24) is 10.2 Å². The van der Waals surface area contributed by atoms with Crippen LogP contribution in [-0.2, 0) is 14.3 Å². The third-order valence-electron chi connectivity index (χ3n) is 7.86. The minimum Gasteiger partial charge on any atom is -0.481 e. The number of rotatable bonds is 9. The number of carboxylic acid groups (broad SMARTS) is 1. The van der Waals surface area contributed by atoms with Crippen molar-refractivity contribution in [3.63, 3.8) is 0 Å². The monoisotopic (exact) mass is 476 g/mol. The Hall–Kier alpha value is -3.35. The van der Waals surface area contributed by atoms with Crippen LogP contribution in [0.5, 0.6) is 0 Å². The summed E-state index contributed by atoms with van der Waals surface area (Å²) in [4.78, 5) is 38.6. The number of alkyl carbamates (subject to hydrolysis) is 1. The molecule has 3 aliphatic rings. The summed E-state index contributed by atoms with van der Waals surface area (Å²) in [6.45, 7) is 0.463. The lowest BCUT2D eigenvalue weighted by Crippen LogP contribution is -2.51. The molecular formula is C28H32N2O5. The van der Waals surface area contributed by atoms with E-state index < -0.39 is 12.1 Å². The molecule has 0 aromatic heterocycles. The van der Waals surface area contributed by atoms with Crippen molar-refractivity contribution >= 4 is 18.0 Å². The Labute approximate surface area is 205 Å². The Morgan fingerprint density at radius 3 is 2.20 bits per heavy atom. The normalized spacial score (nSPS) is 21.3. The molecule has 1 unspecified atom stereocenters. The number of carbonyl (C=O) groups excluding carboxylic acids is 2. The third-order valence-corrected chi connectivity index (χ3v) is 7.86. The third kappa shape index (κ3) is 4.90. The van der Waals surface area contributed by atoms with Crippen LogP contribution < -0.4 is 5.32 Å². The average Bonchev–Trinajstić information content (AvgIpc) is 3.59. The van der Waals surface area contributed by atoms with Gasteiger partial charge in [0.1, 0.15) is 6.61 Å². The molecule has 0 aliphatic heterocycles. The summed E-state index contributed by atoms with van der Waals surface area (Å²) in [6.07, 6.45) is 3.44.